The summed E-state index contributed by atoms with van der Waals surface area (Å²) in [5, 5.41) is 3.69. The Kier molecular flexibility index (Phi) is 2.79. The highest BCUT2D eigenvalue weighted by Gasteiger charge is 2.26. The van der Waals surface area contributed by atoms with Gasteiger partial charge in [0.1, 0.15) is 17.2 Å². The predicted octanol–water partition coefficient (Wildman–Crippen LogP) is 0.909. The summed E-state index contributed by atoms with van der Waals surface area (Å²) in [6.45, 7) is 3.03. The van der Waals surface area contributed by atoms with E-state index in [1.807, 2.05) is 0 Å². The van der Waals surface area contributed by atoms with Crippen LogP contribution in [0.3, 0.4) is 0 Å². The largest absolute Gasteiger partial charge is 0.361 e. The van der Waals surface area contributed by atoms with Crippen LogP contribution in [0, 0.1) is 6.92 Å². The van der Waals surface area contributed by atoms with E-state index in [0.717, 1.165) is 12.8 Å². The predicted molar refractivity (Wildman–Crippen MR) is 54.7 cm³/mol. The second kappa shape index (κ2) is 3.94. The third-order valence-electron chi connectivity index (χ3n) is 2.47. The molecule has 0 bridgehead atoms. The van der Waals surface area contributed by atoms with E-state index in [-0.39, 0.29) is 5.75 Å². The molecular weight excluding hydrogens is 216 g/mol. The summed E-state index contributed by atoms with van der Waals surface area (Å²) in [6, 6.07) is 1.66. The average Bonchev–Trinajstić information content (AvgIpc) is 2.75. The number of aromatic nitrogens is 1. The fourth-order valence-corrected chi connectivity index (χ4v) is 3.24. The highest BCUT2D eigenvalue weighted by Crippen LogP contribution is 2.16. The van der Waals surface area contributed by atoms with Crippen LogP contribution in [-0.2, 0) is 15.8 Å². The number of hydrogen-bond donors (Lipinski definition) is 0. The molecule has 5 nitrogen and oxygen atoms in total. The topological polar surface area (TPSA) is 63.4 Å². The van der Waals surface area contributed by atoms with E-state index >= 15 is 0 Å². The average molecular weight is 230 g/mol. The van der Waals surface area contributed by atoms with E-state index in [4.69, 9.17) is 4.52 Å². The molecule has 1 aliphatic rings. The summed E-state index contributed by atoms with van der Waals surface area (Å²) in [7, 11) is -3.19. The van der Waals surface area contributed by atoms with Gasteiger partial charge in [-0.3, -0.25) is 0 Å². The quantitative estimate of drug-likeness (QED) is 0.774. The Hall–Kier alpha value is -0.880. The Morgan fingerprint density at radius 1 is 1.47 bits per heavy atom. The summed E-state index contributed by atoms with van der Waals surface area (Å²) in [6.07, 6.45) is 1.91. The second-order valence-corrected chi connectivity index (χ2v) is 5.76. The van der Waals surface area contributed by atoms with Crippen molar-refractivity contribution in [2.45, 2.75) is 25.5 Å². The summed E-state index contributed by atoms with van der Waals surface area (Å²) < 4.78 is 30.1. The van der Waals surface area contributed by atoms with Gasteiger partial charge < -0.3 is 4.52 Å². The first-order chi connectivity index (χ1) is 7.08. The van der Waals surface area contributed by atoms with Gasteiger partial charge in [0, 0.05) is 19.2 Å². The molecule has 2 rings (SSSR count). The van der Waals surface area contributed by atoms with Gasteiger partial charge in [-0.25, -0.2) is 12.7 Å². The first kappa shape index (κ1) is 10.6. The molecule has 1 saturated heterocycles. The van der Waals surface area contributed by atoms with Crippen LogP contribution in [0.1, 0.15) is 24.3 Å². The van der Waals surface area contributed by atoms with Gasteiger partial charge in [-0.1, -0.05) is 5.16 Å². The molecule has 0 N–H and O–H groups in total. The van der Waals surface area contributed by atoms with E-state index in [2.05, 4.69) is 5.16 Å². The Morgan fingerprint density at radius 3 is 2.67 bits per heavy atom. The Balaban J connectivity index is 2.10. The Labute approximate surface area is 89.1 Å². The zero-order chi connectivity index (χ0) is 10.9. The van der Waals surface area contributed by atoms with Crippen molar-refractivity contribution in [3.05, 3.63) is 17.5 Å². The Morgan fingerprint density at radius 2 is 2.13 bits per heavy atom. The molecule has 0 unspecified atom stereocenters. The molecule has 6 heteroatoms. The lowest BCUT2D eigenvalue weighted by Gasteiger charge is -2.13. The molecular formula is C9H14N2O3S. The van der Waals surface area contributed by atoms with Crippen LogP contribution in [0.15, 0.2) is 10.6 Å². The maximum atomic E-state index is 11.9. The van der Waals surface area contributed by atoms with Gasteiger partial charge in [-0.2, -0.15) is 0 Å². The van der Waals surface area contributed by atoms with Gasteiger partial charge in [0.25, 0.3) is 0 Å². The molecule has 1 aromatic heterocycles. The maximum absolute atomic E-state index is 11.9. The van der Waals surface area contributed by atoms with Gasteiger partial charge in [0.2, 0.25) is 10.0 Å². The van der Waals surface area contributed by atoms with E-state index in [0.29, 0.717) is 24.5 Å². The van der Waals surface area contributed by atoms with Crippen LogP contribution >= 0.6 is 0 Å². The number of sulfonamides is 1. The normalized spacial score (nSPS) is 18.5. The minimum atomic E-state index is -3.19. The van der Waals surface area contributed by atoms with Crippen LogP contribution in [0.2, 0.25) is 0 Å². The maximum Gasteiger partial charge on any atom is 0.219 e. The Bertz CT molecular complexity index is 432. The van der Waals surface area contributed by atoms with E-state index in [9.17, 15) is 8.42 Å². The van der Waals surface area contributed by atoms with Crippen molar-refractivity contribution in [2.24, 2.45) is 0 Å². The molecule has 0 aliphatic carbocycles. The first-order valence-electron chi connectivity index (χ1n) is 4.98. The van der Waals surface area contributed by atoms with Crippen molar-refractivity contribution < 1.29 is 12.9 Å². The van der Waals surface area contributed by atoms with Crippen molar-refractivity contribution in [3.8, 4) is 0 Å². The number of nitrogens with zero attached hydrogens (tertiary/aromatic N) is 2. The van der Waals surface area contributed by atoms with Crippen molar-refractivity contribution in [1.29, 1.82) is 0 Å². The smallest absolute Gasteiger partial charge is 0.219 e. The van der Waals surface area contributed by atoms with Crippen molar-refractivity contribution in [2.75, 3.05) is 13.1 Å². The third kappa shape index (κ3) is 2.38. The first-order valence-corrected chi connectivity index (χ1v) is 6.59. The van der Waals surface area contributed by atoms with Crippen molar-refractivity contribution in [3.63, 3.8) is 0 Å². The molecule has 0 amide bonds. The van der Waals surface area contributed by atoms with Crippen LogP contribution in [0.5, 0.6) is 0 Å². The van der Waals surface area contributed by atoms with Gasteiger partial charge in [0.05, 0.1) is 0 Å². The van der Waals surface area contributed by atoms with Crippen molar-refractivity contribution in [1.82, 2.24) is 9.46 Å². The SMILES string of the molecule is Cc1cc(CS(=O)(=O)N2CCCC2)no1. The van der Waals surface area contributed by atoms with E-state index in [1.54, 1.807) is 13.0 Å². The molecule has 0 radical (unpaired) electrons. The minimum Gasteiger partial charge on any atom is -0.361 e. The summed E-state index contributed by atoms with van der Waals surface area (Å²) in [5.41, 5.74) is 0.486. The van der Waals surface area contributed by atoms with Gasteiger partial charge in [-0.15, -0.1) is 0 Å². The molecule has 1 aliphatic heterocycles. The fraction of sp³-hybridized carbons (Fsp3) is 0.667. The van der Waals surface area contributed by atoms with E-state index in [1.165, 1.54) is 4.31 Å². The van der Waals surface area contributed by atoms with Gasteiger partial charge >= 0.3 is 0 Å². The molecule has 1 aromatic rings. The molecule has 2 heterocycles. The lowest BCUT2D eigenvalue weighted by atomic mass is 10.4. The number of rotatable bonds is 3. The third-order valence-corrected chi connectivity index (χ3v) is 4.28. The molecule has 15 heavy (non-hydrogen) atoms. The minimum absolute atomic E-state index is 0.0513. The monoisotopic (exact) mass is 230 g/mol. The molecule has 84 valence electrons. The van der Waals surface area contributed by atoms with Crippen molar-refractivity contribution >= 4 is 10.0 Å². The molecule has 0 atom stereocenters. The lowest BCUT2D eigenvalue weighted by Crippen LogP contribution is -2.29. The van der Waals surface area contributed by atoms with Gasteiger partial charge in [-0.05, 0) is 19.8 Å². The molecule has 1 fully saturated rings. The molecule has 0 saturated carbocycles. The highest BCUT2D eigenvalue weighted by atomic mass is 32.2. The fourth-order valence-electron chi connectivity index (χ4n) is 1.73. The molecule has 0 aromatic carbocycles. The van der Waals surface area contributed by atoms with Crippen LogP contribution < -0.4 is 0 Å². The van der Waals surface area contributed by atoms with E-state index < -0.39 is 10.0 Å². The van der Waals surface area contributed by atoms with Crippen LogP contribution in [-0.4, -0.2) is 31.0 Å². The zero-order valence-corrected chi connectivity index (χ0v) is 9.46. The summed E-state index contributed by atoms with van der Waals surface area (Å²) in [5.74, 6) is 0.589. The standard InChI is InChI=1S/C9H14N2O3S/c1-8-6-9(10-14-8)7-15(12,13)11-4-2-3-5-11/h6H,2-5,7H2,1H3. The van der Waals surface area contributed by atoms with Crippen LogP contribution in [0.4, 0.5) is 0 Å². The lowest BCUT2D eigenvalue weighted by molar-refractivity contribution is 0.391. The highest BCUT2D eigenvalue weighted by molar-refractivity contribution is 7.88. The summed E-state index contributed by atoms with van der Waals surface area (Å²) in [4.78, 5) is 0. The second-order valence-electron chi connectivity index (χ2n) is 3.79. The van der Waals surface area contributed by atoms with Crippen LogP contribution in [0.25, 0.3) is 0 Å². The number of aryl methyl sites for hydroxylation is 1. The van der Waals surface area contributed by atoms with Gasteiger partial charge in [0.15, 0.2) is 0 Å². The number of hydrogen-bond acceptors (Lipinski definition) is 4. The summed E-state index contributed by atoms with van der Waals surface area (Å²) >= 11 is 0. The molecule has 0 spiro atoms. The zero-order valence-electron chi connectivity index (χ0n) is 8.64.